The van der Waals surface area contributed by atoms with E-state index in [0.29, 0.717) is 25.4 Å². The standard InChI is InChI=1S/C15H24N2O3/c1-5-8-20-13-7-6-12(14(18)9-13)10-17(4)11-15(19)16(2)3/h6-7,9,18H,5,8,10-11H2,1-4H3. The highest BCUT2D eigenvalue weighted by molar-refractivity contribution is 5.77. The first-order chi connectivity index (χ1) is 9.43. The van der Waals surface area contributed by atoms with Crippen LogP contribution in [-0.2, 0) is 11.3 Å². The van der Waals surface area contributed by atoms with Crippen LogP contribution in [-0.4, -0.2) is 55.1 Å². The third-order valence-electron chi connectivity index (χ3n) is 2.87. The van der Waals surface area contributed by atoms with Crippen molar-refractivity contribution in [3.05, 3.63) is 23.8 Å². The maximum Gasteiger partial charge on any atom is 0.236 e. The van der Waals surface area contributed by atoms with Gasteiger partial charge in [0.05, 0.1) is 13.2 Å². The first-order valence-electron chi connectivity index (χ1n) is 6.77. The van der Waals surface area contributed by atoms with Gasteiger partial charge in [-0.05, 0) is 19.5 Å². The van der Waals surface area contributed by atoms with Crippen molar-refractivity contribution >= 4 is 5.91 Å². The Hall–Kier alpha value is -1.75. The summed E-state index contributed by atoms with van der Waals surface area (Å²) in [6.07, 6.45) is 0.928. The van der Waals surface area contributed by atoms with Crippen molar-refractivity contribution in [2.75, 3.05) is 34.3 Å². The van der Waals surface area contributed by atoms with E-state index in [1.54, 1.807) is 25.1 Å². The first-order valence-corrected chi connectivity index (χ1v) is 6.77. The molecule has 0 aromatic heterocycles. The average Bonchev–Trinajstić information content (AvgIpc) is 2.39. The van der Waals surface area contributed by atoms with Crippen LogP contribution in [0.15, 0.2) is 18.2 Å². The summed E-state index contributed by atoms with van der Waals surface area (Å²) >= 11 is 0. The molecular formula is C15H24N2O3. The normalized spacial score (nSPS) is 10.7. The minimum absolute atomic E-state index is 0.0369. The molecule has 0 heterocycles. The highest BCUT2D eigenvalue weighted by Crippen LogP contribution is 2.24. The molecule has 1 rings (SSSR count). The van der Waals surface area contributed by atoms with Gasteiger partial charge in [0.2, 0.25) is 5.91 Å². The van der Waals surface area contributed by atoms with Gasteiger partial charge in [0, 0.05) is 32.3 Å². The Balaban J connectivity index is 2.61. The van der Waals surface area contributed by atoms with E-state index in [-0.39, 0.29) is 11.7 Å². The zero-order valence-electron chi connectivity index (χ0n) is 12.7. The molecule has 0 radical (unpaired) electrons. The van der Waals surface area contributed by atoms with Crippen LogP contribution < -0.4 is 4.74 Å². The van der Waals surface area contributed by atoms with Gasteiger partial charge >= 0.3 is 0 Å². The number of phenolic OH excluding ortho intramolecular Hbond substituents is 1. The number of phenols is 1. The maximum absolute atomic E-state index is 11.6. The number of ether oxygens (including phenoxy) is 1. The average molecular weight is 280 g/mol. The Labute approximate surface area is 120 Å². The fourth-order valence-electron chi connectivity index (χ4n) is 1.71. The number of hydrogen-bond acceptors (Lipinski definition) is 4. The van der Waals surface area contributed by atoms with Gasteiger partial charge in [-0.15, -0.1) is 0 Å². The molecule has 1 aromatic rings. The minimum Gasteiger partial charge on any atom is -0.507 e. The SMILES string of the molecule is CCCOc1ccc(CN(C)CC(=O)N(C)C)c(O)c1. The van der Waals surface area contributed by atoms with E-state index in [2.05, 4.69) is 0 Å². The van der Waals surface area contributed by atoms with Gasteiger partial charge in [-0.25, -0.2) is 0 Å². The molecule has 0 saturated heterocycles. The van der Waals surface area contributed by atoms with E-state index in [0.717, 1.165) is 12.0 Å². The van der Waals surface area contributed by atoms with Gasteiger partial charge in [0.25, 0.3) is 0 Å². The van der Waals surface area contributed by atoms with Crippen molar-refractivity contribution in [1.82, 2.24) is 9.80 Å². The zero-order valence-corrected chi connectivity index (χ0v) is 12.7. The molecule has 1 aromatic carbocycles. The van der Waals surface area contributed by atoms with Gasteiger partial charge in [-0.2, -0.15) is 0 Å². The Morgan fingerprint density at radius 1 is 1.30 bits per heavy atom. The van der Waals surface area contributed by atoms with Crippen molar-refractivity contribution in [2.24, 2.45) is 0 Å². The second kappa shape index (κ2) is 7.75. The number of benzene rings is 1. The Kier molecular flexibility index (Phi) is 6.31. The number of rotatable bonds is 7. The molecule has 0 spiro atoms. The summed E-state index contributed by atoms with van der Waals surface area (Å²) < 4.78 is 5.46. The lowest BCUT2D eigenvalue weighted by molar-refractivity contribution is -0.129. The second-order valence-electron chi connectivity index (χ2n) is 5.10. The lowest BCUT2D eigenvalue weighted by Gasteiger charge is -2.19. The molecule has 0 aliphatic rings. The van der Waals surface area contributed by atoms with E-state index in [4.69, 9.17) is 4.74 Å². The quantitative estimate of drug-likeness (QED) is 0.826. The fourth-order valence-corrected chi connectivity index (χ4v) is 1.71. The van der Waals surface area contributed by atoms with Gasteiger partial charge < -0.3 is 14.7 Å². The number of hydrogen-bond donors (Lipinski definition) is 1. The molecule has 0 bridgehead atoms. The third kappa shape index (κ3) is 5.09. The van der Waals surface area contributed by atoms with Crippen molar-refractivity contribution in [3.8, 4) is 11.5 Å². The smallest absolute Gasteiger partial charge is 0.236 e. The van der Waals surface area contributed by atoms with Crippen LogP contribution in [0.2, 0.25) is 0 Å². The van der Waals surface area contributed by atoms with Crippen molar-refractivity contribution in [3.63, 3.8) is 0 Å². The highest BCUT2D eigenvalue weighted by atomic mass is 16.5. The predicted octanol–water partition coefficient (Wildman–Crippen LogP) is 1.70. The second-order valence-corrected chi connectivity index (χ2v) is 5.10. The van der Waals surface area contributed by atoms with Crippen LogP contribution in [0.5, 0.6) is 11.5 Å². The summed E-state index contributed by atoms with van der Waals surface area (Å²) in [5.74, 6) is 0.901. The molecule has 20 heavy (non-hydrogen) atoms. The van der Waals surface area contributed by atoms with Crippen molar-refractivity contribution in [2.45, 2.75) is 19.9 Å². The Bertz CT molecular complexity index is 447. The van der Waals surface area contributed by atoms with Crippen LogP contribution in [0.1, 0.15) is 18.9 Å². The Morgan fingerprint density at radius 2 is 2.00 bits per heavy atom. The van der Waals surface area contributed by atoms with E-state index >= 15 is 0 Å². The molecular weight excluding hydrogens is 256 g/mol. The van der Waals surface area contributed by atoms with Crippen molar-refractivity contribution < 1.29 is 14.6 Å². The molecule has 5 heteroatoms. The number of carbonyl (C=O) groups is 1. The number of amides is 1. The molecule has 1 N–H and O–H groups in total. The van der Waals surface area contributed by atoms with E-state index in [1.807, 2.05) is 31.0 Å². The highest BCUT2D eigenvalue weighted by Gasteiger charge is 2.11. The van der Waals surface area contributed by atoms with Crippen LogP contribution in [0.25, 0.3) is 0 Å². The van der Waals surface area contributed by atoms with Crippen LogP contribution in [0.4, 0.5) is 0 Å². The summed E-state index contributed by atoms with van der Waals surface area (Å²) in [5, 5.41) is 9.98. The number of likely N-dealkylation sites (N-methyl/N-ethyl adjacent to an activating group) is 2. The molecule has 1 amide bonds. The summed E-state index contributed by atoms with van der Waals surface area (Å²) in [6.45, 7) is 3.50. The summed E-state index contributed by atoms with van der Waals surface area (Å²) in [4.78, 5) is 15.0. The van der Waals surface area contributed by atoms with Gasteiger partial charge in [0.1, 0.15) is 11.5 Å². The molecule has 0 atom stereocenters. The fraction of sp³-hybridized carbons (Fsp3) is 0.533. The molecule has 0 unspecified atom stereocenters. The molecule has 112 valence electrons. The third-order valence-corrected chi connectivity index (χ3v) is 2.87. The monoisotopic (exact) mass is 280 g/mol. The summed E-state index contributed by atoms with van der Waals surface area (Å²) in [7, 11) is 5.31. The van der Waals surface area contributed by atoms with Crippen LogP contribution >= 0.6 is 0 Å². The molecule has 0 aliphatic heterocycles. The summed E-state index contributed by atoms with van der Waals surface area (Å²) in [5.41, 5.74) is 0.780. The summed E-state index contributed by atoms with van der Waals surface area (Å²) in [6, 6.07) is 5.29. The van der Waals surface area contributed by atoms with Crippen LogP contribution in [0.3, 0.4) is 0 Å². The zero-order chi connectivity index (χ0) is 15.1. The molecule has 0 fully saturated rings. The van der Waals surface area contributed by atoms with Gasteiger partial charge in [-0.3, -0.25) is 9.69 Å². The van der Waals surface area contributed by atoms with Crippen molar-refractivity contribution in [1.29, 1.82) is 0 Å². The predicted molar refractivity (Wildman–Crippen MR) is 78.9 cm³/mol. The molecule has 0 saturated carbocycles. The topological polar surface area (TPSA) is 53.0 Å². The molecule has 0 aliphatic carbocycles. The Morgan fingerprint density at radius 3 is 2.55 bits per heavy atom. The first kappa shape index (κ1) is 16.3. The lowest BCUT2D eigenvalue weighted by Crippen LogP contribution is -2.34. The maximum atomic E-state index is 11.6. The minimum atomic E-state index is 0.0369. The van der Waals surface area contributed by atoms with Gasteiger partial charge in [-0.1, -0.05) is 13.0 Å². The number of aromatic hydroxyl groups is 1. The van der Waals surface area contributed by atoms with Crippen LogP contribution in [0, 0.1) is 0 Å². The van der Waals surface area contributed by atoms with Gasteiger partial charge in [0.15, 0.2) is 0 Å². The number of nitrogens with zero attached hydrogens (tertiary/aromatic N) is 2. The molecule has 5 nitrogen and oxygen atoms in total. The largest absolute Gasteiger partial charge is 0.507 e. The lowest BCUT2D eigenvalue weighted by atomic mass is 10.2. The number of carbonyl (C=O) groups excluding carboxylic acids is 1. The van der Waals surface area contributed by atoms with E-state index in [1.165, 1.54) is 0 Å². The van der Waals surface area contributed by atoms with E-state index in [9.17, 15) is 9.90 Å². The van der Waals surface area contributed by atoms with E-state index < -0.39 is 0 Å².